The molecule has 0 aliphatic carbocycles. The molecule has 0 bridgehead atoms. The van der Waals surface area contributed by atoms with E-state index in [4.69, 9.17) is 11.6 Å². The van der Waals surface area contributed by atoms with E-state index in [0.29, 0.717) is 22.7 Å². The molecule has 0 saturated carbocycles. The maximum Gasteiger partial charge on any atom is 0.134 e. The van der Waals surface area contributed by atoms with Crippen LogP contribution in [-0.4, -0.2) is 27.7 Å². The highest BCUT2D eigenvalue weighted by Gasteiger charge is 2.10. The first-order valence-electron chi connectivity index (χ1n) is 5.40. The van der Waals surface area contributed by atoms with E-state index in [1.165, 1.54) is 0 Å². The zero-order valence-corrected chi connectivity index (χ0v) is 10.6. The van der Waals surface area contributed by atoms with E-state index < -0.39 is 0 Å². The molecule has 0 aromatic carbocycles. The molecule has 1 heterocycles. The van der Waals surface area contributed by atoms with Gasteiger partial charge >= 0.3 is 0 Å². The molecule has 0 saturated heterocycles. The Kier molecular flexibility index (Phi) is 4.96. The molecule has 5 heteroatoms. The molecule has 4 nitrogen and oxygen atoms in total. The lowest BCUT2D eigenvalue weighted by molar-refractivity contribution is 0.259. The summed E-state index contributed by atoms with van der Waals surface area (Å²) < 4.78 is 0. The van der Waals surface area contributed by atoms with Gasteiger partial charge in [0, 0.05) is 6.07 Å². The summed E-state index contributed by atoms with van der Waals surface area (Å²) in [6.45, 7) is 6.09. The maximum atomic E-state index is 9.24. The highest BCUT2D eigenvalue weighted by Crippen LogP contribution is 2.14. The minimum atomic E-state index is 0.00497. The Morgan fingerprint density at radius 2 is 2.12 bits per heavy atom. The molecule has 1 rings (SSSR count). The molecule has 0 radical (unpaired) electrons. The fourth-order valence-corrected chi connectivity index (χ4v) is 1.79. The van der Waals surface area contributed by atoms with Gasteiger partial charge in [-0.25, -0.2) is 9.97 Å². The predicted octanol–water partition coefficient (Wildman–Crippen LogP) is 2.26. The molecule has 0 aliphatic rings. The van der Waals surface area contributed by atoms with E-state index in [1.54, 1.807) is 13.0 Å². The normalized spacial score (nSPS) is 12.9. The number of nitrogens with zero attached hydrogens (tertiary/aromatic N) is 2. The molecule has 0 aliphatic heterocycles. The summed E-state index contributed by atoms with van der Waals surface area (Å²) in [5.74, 6) is 1.80. The second-order valence-corrected chi connectivity index (χ2v) is 4.66. The van der Waals surface area contributed by atoms with Crippen LogP contribution >= 0.6 is 11.6 Å². The standard InChI is InChI=1S/C11H18ClN3O/c1-7(2)4-9(6-16)15-11-5-10(12)13-8(3)14-11/h5,7,9,16H,4,6H2,1-3H3,(H,13,14,15). The van der Waals surface area contributed by atoms with Crippen molar-refractivity contribution < 1.29 is 5.11 Å². The third-order valence-corrected chi connectivity index (χ3v) is 2.33. The maximum absolute atomic E-state index is 9.24. The van der Waals surface area contributed by atoms with E-state index in [9.17, 15) is 5.11 Å². The van der Waals surface area contributed by atoms with Crippen LogP contribution in [0.25, 0.3) is 0 Å². The summed E-state index contributed by atoms with van der Waals surface area (Å²) in [5, 5.41) is 12.8. The van der Waals surface area contributed by atoms with Crippen molar-refractivity contribution in [2.75, 3.05) is 11.9 Å². The van der Waals surface area contributed by atoms with E-state index in [2.05, 4.69) is 29.1 Å². The minimum Gasteiger partial charge on any atom is -0.394 e. The molecule has 0 spiro atoms. The Bertz CT molecular complexity index is 324. The molecular weight excluding hydrogens is 226 g/mol. The fourth-order valence-electron chi connectivity index (χ4n) is 1.56. The van der Waals surface area contributed by atoms with Gasteiger partial charge < -0.3 is 10.4 Å². The van der Waals surface area contributed by atoms with E-state index in [-0.39, 0.29) is 12.6 Å². The largest absolute Gasteiger partial charge is 0.394 e. The van der Waals surface area contributed by atoms with Crippen LogP contribution in [0.5, 0.6) is 0 Å². The monoisotopic (exact) mass is 243 g/mol. The number of rotatable bonds is 5. The topological polar surface area (TPSA) is 58.0 Å². The summed E-state index contributed by atoms with van der Waals surface area (Å²) in [6.07, 6.45) is 0.886. The zero-order chi connectivity index (χ0) is 12.1. The second kappa shape index (κ2) is 6.01. The minimum absolute atomic E-state index is 0.00497. The van der Waals surface area contributed by atoms with Gasteiger partial charge in [0.15, 0.2) is 0 Å². The van der Waals surface area contributed by atoms with Crippen LogP contribution in [0.1, 0.15) is 26.1 Å². The highest BCUT2D eigenvalue weighted by molar-refractivity contribution is 6.29. The van der Waals surface area contributed by atoms with Crippen LogP contribution in [0.4, 0.5) is 5.82 Å². The van der Waals surface area contributed by atoms with Crippen LogP contribution < -0.4 is 5.32 Å². The quantitative estimate of drug-likeness (QED) is 0.779. The third kappa shape index (κ3) is 4.33. The molecule has 90 valence electrons. The lowest BCUT2D eigenvalue weighted by Crippen LogP contribution is -2.26. The van der Waals surface area contributed by atoms with Gasteiger partial charge in [-0.05, 0) is 19.3 Å². The summed E-state index contributed by atoms with van der Waals surface area (Å²) in [6, 6.07) is 1.67. The summed E-state index contributed by atoms with van der Waals surface area (Å²) in [4.78, 5) is 8.19. The number of hydrogen-bond acceptors (Lipinski definition) is 4. The first-order chi connectivity index (χ1) is 7.51. The third-order valence-electron chi connectivity index (χ3n) is 2.14. The number of aryl methyl sites for hydroxylation is 1. The van der Waals surface area contributed by atoms with Gasteiger partial charge in [-0.2, -0.15) is 0 Å². The Labute approximate surface area is 101 Å². The molecule has 16 heavy (non-hydrogen) atoms. The van der Waals surface area contributed by atoms with Crippen molar-refractivity contribution in [1.29, 1.82) is 0 Å². The van der Waals surface area contributed by atoms with Gasteiger partial charge in [-0.3, -0.25) is 0 Å². The Hall–Kier alpha value is -0.870. The lowest BCUT2D eigenvalue weighted by Gasteiger charge is -2.18. The highest BCUT2D eigenvalue weighted by atomic mass is 35.5. The molecule has 1 unspecified atom stereocenters. The summed E-state index contributed by atoms with van der Waals surface area (Å²) in [5.41, 5.74) is 0. The average molecular weight is 244 g/mol. The van der Waals surface area contributed by atoms with Crippen molar-refractivity contribution in [3.63, 3.8) is 0 Å². The molecule has 1 aromatic rings. The van der Waals surface area contributed by atoms with Crippen molar-refractivity contribution in [2.24, 2.45) is 5.92 Å². The van der Waals surface area contributed by atoms with Gasteiger partial charge in [0.1, 0.15) is 16.8 Å². The molecule has 2 N–H and O–H groups in total. The van der Waals surface area contributed by atoms with Crippen LogP contribution in [-0.2, 0) is 0 Å². The van der Waals surface area contributed by atoms with Gasteiger partial charge in [-0.1, -0.05) is 25.4 Å². The average Bonchev–Trinajstić information content (AvgIpc) is 2.14. The van der Waals surface area contributed by atoms with Gasteiger partial charge in [0.25, 0.3) is 0 Å². The first kappa shape index (κ1) is 13.2. The van der Waals surface area contributed by atoms with Crippen LogP contribution in [0.3, 0.4) is 0 Å². The van der Waals surface area contributed by atoms with Gasteiger partial charge in [0.2, 0.25) is 0 Å². The zero-order valence-electron chi connectivity index (χ0n) is 9.87. The Morgan fingerprint density at radius 3 is 2.62 bits per heavy atom. The number of aromatic nitrogens is 2. The number of hydrogen-bond donors (Lipinski definition) is 2. The van der Waals surface area contributed by atoms with Crippen molar-refractivity contribution in [1.82, 2.24) is 9.97 Å². The van der Waals surface area contributed by atoms with Crippen molar-refractivity contribution in [3.8, 4) is 0 Å². The van der Waals surface area contributed by atoms with E-state index >= 15 is 0 Å². The Morgan fingerprint density at radius 1 is 1.44 bits per heavy atom. The molecule has 0 amide bonds. The number of aliphatic hydroxyl groups excluding tert-OH is 1. The number of aliphatic hydroxyl groups is 1. The summed E-state index contributed by atoms with van der Waals surface area (Å²) >= 11 is 5.83. The molecule has 0 fully saturated rings. The van der Waals surface area contributed by atoms with Gasteiger partial charge in [-0.15, -0.1) is 0 Å². The lowest BCUT2D eigenvalue weighted by atomic mass is 10.0. The van der Waals surface area contributed by atoms with E-state index in [1.807, 2.05) is 0 Å². The van der Waals surface area contributed by atoms with Crippen molar-refractivity contribution in [3.05, 3.63) is 17.0 Å². The van der Waals surface area contributed by atoms with Crippen LogP contribution in [0.15, 0.2) is 6.07 Å². The number of nitrogens with one attached hydrogen (secondary N) is 1. The van der Waals surface area contributed by atoms with Crippen molar-refractivity contribution >= 4 is 17.4 Å². The smallest absolute Gasteiger partial charge is 0.134 e. The SMILES string of the molecule is Cc1nc(Cl)cc(NC(CO)CC(C)C)n1. The fraction of sp³-hybridized carbons (Fsp3) is 0.636. The number of halogens is 1. The second-order valence-electron chi connectivity index (χ2n) is 4.28. The number of anilines is 1. The van der Waals surface area contributed by atoms with Crippen LogP contribution in [0.2, 0.25) is 5.15 Å². The van der Waals surface area contributed by atoms with Gasteiger partial charge in [0.05, 0.1) is 12.6 Å². The van der Waals surface area contributed by atoms with Crippen molar-refractivity contribution in [2.45, 2.75) is 33.2 Å². The van der Waals surface area contributed by atoms with E-state index in [0.717, 1.165) is 6.42 Å². The summed E-state index contributed by atoms with van der Waals surface area (Å²) in [7, 11) is 0. The van der Waals surface area contributed by atoms with Crippen LogP contribution in [0, 0.1) is 12.8 Å². The molecular formula is C11H18ClN3O. The first-order valence-corrected chi connectivity index (χ1v) is 5.77. The predicted molar refractivity (Wildman–Crippen MR) is 65.7 cm³/mol. The molecule has 1 atom stereocenters. The Balaban J connectivity index is 2.69. The molecule has 1 aromatic heterocycles.